The number of nitrogens with zero attached hydrogens (tertiary/aromatic N) is 1. The Labute approximate surface area is 298 Å². The van der Waals surface area contributed by atoms with Crippen molar-refractivity contribution in [2.24, 2.45) is 0 Å². The first-order chi connectivity index (χ1) is 25.0. The molecule has 0 aliphatic heterocycles. The van der Waals surface area contributed by atoms with Crippen molar-refractivity contribution in [2.45, 2.75) is 19.8 Å². The van der Waals surface area contributed by atoms with Gasteiger partial charge in [-0.3, -0.25) is 10.8 Å². The Hall–Kier alpha value is -6.52. The lowest BCUT2D eigenvalue weighted by atomic mass is 9.89. The standard InChI is InChI=1S/C47H37N3O/c1-31(2)35-25-27-44-42(29-35)43-30-36(26-28-45(43)50(44)37-15-7-4-8-16-37)39-18-10-12-20-41(39)40-19-11-9-17-38(40)32-21-23-34(24-22-32)47(49)51-46(48)33-13-5-3-6-14-33/h3-31,48-49H,1-2H3. The van der Waals surface area contributed by atoms with Crippen LogP contribution in [0, 0.1) is 10.8 Å². The van der Waals surface area contributed by atoms with Gasteiger partial charge in [0.05, 0.1) is 11.0 Å². The molecule has 0 saturated heterocycles. The lowest BCUT2D eigenvalue weighted by molar-refractivity contribution is 0.538. The van der Waals surface area contributed by atoms with Gasteiger partial charge in [-0.1, -0.05) is 123 Å². The van der Waals surface area contributed by atoms with E-state index in [1.54, 1.807) is 12.1 Å². The second kappa shape index (κ2) is 13.4. The molecule has 4 heteroatoms. The molecule has 0 radical (unpaired) electrons. The Bertz CT molecular complexity index is 2550. The van der Waals surface area contributed by atoms with E-state index >= 15 is 0 Å². The summed E-state index contributed by atoms with van der Waals surface area (Å²) in [5.74, 6) is 0.327. The number of benzene rings is 7. The fraction of sp³-hybridized carbons (Fsp3) is 0.0638. The predicted octanol–water partition coefficient (Wildman–Crippen LogP) is 12.3. The SMILES string of the molecule is CC(C)c1ccc2c(c1)c1cc(-c3ccccc3-c3ccccc3-c3ccc(C(=N)OC(=N)c4ccccc4)cc3)ccc1n2-c1ccccc1. The first kappa shape index (κ1) is 31.7. The second-order valence-electron chi connectivity index (χ2n) is 13.1. The summed E-state index contributed by atoms with van der Waals surface area (Å²) in [5, 5.41) is 19.3. The van der Waals surface area contributed by atoms with Crippen molar-refractivity contribution < 1.29 is 4.74 Å². The average molecular weight is 660 g/mol. The van der Waals surface area contributed by atoms with Gasteiger partial charge in [0, 0.05) is 27.6 Å². The number of ether oxygens (including phenoxy) is 1. The molecule has 0 aliphatic rings. The fourth-order valence-electron chi connectivity index (χ4n) is 6.97. The van der Waals surface area contributed by atoms with Gasteiger partial charge in [-0.2, -0.15) is 0 Å². The van der Waals surface area contributed by atoms with Crippen LogP contribution in [0.5, 0.6) is 0 Å². The van der Waals surface area contributed by atoms with Crippen LogP contribution in [-0.4, -0.2) is 16.4 Å². The molecule has 0 bridgehead atoms. The largest absolute Gasteiger partial charge is 0.421 e. The second-order valence-corrected chi connectivity index (χ2v) is 13.1. The number of aromatic nitrogens is 1. The minimum atomic E-state index is -0.0569. The Kier molecular flexibility index (Phi) is 8.35. The maximum Gasteiger partial charge on any atom is 0.221 e. The minimum Gasteiger partial charge on any atom is -0.421 e. The number of hydrogen-bond acceptors (Lipinski definition) is 3. The Balaban J connectivity index is 1.19. The summed E-state index contributed by atoms with van der Waals surface area (Å²) in [6.45, 7) is 4.50. The van der Waals surface area contributed by atoms with Gasteiger partial charge in [0.15, 0.2) is 0 Å². The van der Waals surface area contributed by atoms with Crippen LogP contribution in [0.15, 0.2) is 170 Å². The summed E-state index contributed by atoms with van der Waals surface area (Å²) < 4.78 is 7.97. The van der Waals surface area contributed by atoms with Crippen LogP contribution in [-0.2, 0) is 4.74 Å². The summed E-state index contributed by atoms with van der Waals surface area (Å²) in [4.78, 5) is 0. The van der Waals surface area contributed by atoms with Crippen molar-refractivity contribution in [3.8, 4) is 39.1 Å². The van der Waals surface area contributed by atoms with E-state index in [4.69, 9.17) is 15.6 Å². The highest BCUT2D eigenvalue weighted by atomic mass is 16.5. The molecule has 7 aromatic carbocycles. The zero-order chi connectivity index (χ0) is 34.9. The van der Waals surface area contributed by atoms with Crippen LogP contribution >= 0.6 is 0 Å². The lowest BCUT2D eigenvalue weighted by Gasteiger charge is -2.15. The first-order valence-corrected chi connectivity index (χ1v) is 17.3. The molecule has 4 nitrogen and oxygen atoms in total. The molecule has 0 fully saturated rings. The minimum absolute atomic E-state index is 0.0465. The molecule has 0 aliphatic carbocycles. The highest BCUT2D eigenvalue weighted by Gasteiger charge is 2.18. The van der Waals surface area contributed by atoms with Gasteiger partial charge in [0.25, 0.3) is 0 Å². The molecule has 246 valence electrons. The highest BCUT2D eigenvalue weighted by molar-refractivity contribution is 6.11. The molecule has 1 heterocycles. The molecule has 0 amide bonds. The van der Waals surface area contributed by atoms with E-state index in [0.29, 0.717) is 17.0 Å². The summed E-state index contributed by atoms with van der Waals surface area (Å²) in [6, 6.07) is 58.5. The number of para-hydroxylation sites is 1. The number of hydrogen-bond donors (Lipinski definition) is 2. The lowest BCUT2D eigenvalue weighted by Crippen LogP contribution is -2.12. The van der Waals surface area contributed by atoms with Crippen molar-refractivity contribution >= 4 is 33.6 Å². The van der Waals surface area contributed by atoms with Crippen LogP contribution in [0.1, 0.15) is 36.5 Å². The van der Waals surface area contributed by atoms with Gasteiger partial charge in [0.1, 0.15) is 0 Å². The molecule has 8 rings (SSSR count). The number of rotatable bonds is 7. The van der Waals surface area contributed by atoms with Crippen LogP contribution < -0.4 is 0 Å². The zero-order valence-corrected chi connectivity index (χ0v) is 28.6. The molecule has 8 aromatic rings. The van der Waals surface area contributed by atoms with Gasteiger partial charge in [0.2, 0.25) is 11.8 Å². The summed E-state index contributed by atoms with van der Waals surface area (Å²) in [6.07, 6.45) is 0. The Morgan fingerprint density at radius 3 is 1.55 bits per heavy atom. The monoisotopic (exact) mass is 659 g/mol. The molecule has 0 unspecified atom stereocenters. The van der Waals surface area contributed by atoms with Gasteiger partial charge < -0.3 is 9.30 Å². The molecule has 0 spiro atoms. The van der Waals surface area contributed by atoms with Crippen molar-refractivity contribution in [3.63, 3.8) is 0 Å². The third-order valence-electron chi connectivity index (χ3n) is 9.62. The predicted molar refractivity (Wildman–Crippen MR) is 212 cm³/mol. The third kappa shape index (κ3) is 6.02. The molecule has 1 aromatic heterocycles. The fourth-order valence-corrected chi connectivity index (χ4v) is 6.97. The topological polar surface area (TPSA) is 61.9 Å². The van der Waals surface area contributed by atoms with E-state index in [9.17, 15) is 0 Å². The smallest absolute Gasteiger partial charge is 0.221 e. The summed E-state index contributed by atoms with van der Waals surface area (Å²) >= 11 is 0. The van der Waals surface area contributed by atoms with E-state index in [-0.39, 0.29) is 11.8 Å². The first-order valence-electron chi connectivity index (χ1n) is 17.3. The van der Waals surface area contributed by atoms with Crippen molar-refractivity contribution in [1.82, 2.24) is 4.57 Å². The van der Waals surface area contributed by atoms with Crippen LogP contribution in [0.25, 0.3) is 60.9 Å². The molecule has 0 atom stereocenters. The highest BCUT2D eigenvalue weighted by Crippen LogP contribution is 2.41. The van der Waals surface area contributed by atoms with Gasteiger partial charge in [-0.15, -0.1) is 0 Å². The van der Waals surface area contributed by atoms with Crippen LogP contribution in [0.2, 0.25) is 0 Å². The van der Waals surface area contributed by atoms with Gasteiger partial charge in [-0.05, 0) is 106 Å². The van der Waals surface area contributed by atoms with E-state index in [1.165, 1.54) is 32.9 Å². The van der Waals surface area contributed by atoms with E-state index in [1.807, 2.05) is 42.5 Å². The van der Waals surface area contributed by atoms with Crippen molar-refractivity contribution in [1.29, 1.82) is 10.8 Å². The zero-order valence-electron chi connectivity index (χ0n) is 28.6. The molecule has 2 N–H and O–H groups in total. The van der Waals surface area contributed by atoms with Gasteiger partial charge in [-0.25, -0.2) is 0 Å². The molecular weight excluding hydrogens is 623 g/mol. The third-order valence-corrected chi connectivity index (χ3v) is 9.62. The van der Waals surface area contributed by atoms with E-state index in [2.05, 4.69) is 134 Å². The van der Waals surface area contributed by atoms with Crippen molar-refractivity contribution in [3.05, 3.63) is 187 Å². The maximum absolute atomic E-state index is 8.51. The van der Waals surface area contributed by atoms with E-state index in [0.717, 1.165) is 33.5 Å². The normalized spacial score (nSPS) is 11.3. The molecule has 0 saturated carbocycles. The van der Waals surface area contributed by atoms with Gasteiger partial charge >= 0.3 is 0 Å². The van der Waals surface area contributed by atoms with Crippen LogP contribution in [0.4, 0.5) is 0 Å². The maximum atomic E-state index is 8.51. The Morgan fingerprint density at radius 1 is 0.471 bits per heavy atom. The van der Waals surface area contributed by atoms with E-state index < -0.39 is 0 Å². The van der Waals surface area contributed by atoms with Crippen LogP contribution in [0.3, 0.4) is 0 Å². The Morgan fingerprint density at radius 2 is 0.941 bits per heavy atom. The molecular formula is C47H37N3O. The number of fused-ring (bicyclic) bond motifs is 3. The number of nitrogens with one attached hydrogen (secondary N) is 2. The summed E-state index contributed by atoms with van der Waals surface area (Å²) in [5.41, 5.74) is 12.9. The summed E-state index contributed by atoms with van der Waals surface area (Å²) in [7, 11) is 0. The quantitative estimate of drug-likeness (QED) is 0.130. The average Bonchev–Trinajstić information content (AvgIpc) is 3.51. The van der Waals surface area contributed by atoms with Crippen molar-refractivity contribution in [2.75, 3.05) is 0 Å². The molecule has 51 heavy (non-hydrogen) atoms.